The number of hydrogen-bond acceptors (Lipinski definition) is 5. The van der Waals surface area contributed by atoms with Crippen molar-refractivity contribution in [3.05, 3.63) is 22.4 Å². The fourth-order valence-electron chi connectivity index (χ4n) is 3.81. The van der Waals surface area contributed by atoms with Crippen LogP contribution in [0.2, 0.25) is 0 Å². The summed E-state index contributed by atoms with van der Waals surface area (Å²) < 4.78 is 0. The lowest BCUT2D eigenvalue weighted by atomic mass is 10.2. The molecule has 0 saturated carbocycles. The number of rotatable bonds is 6. The number of piperazine rings is 1. The van der Waals surface area contributed by atoms with E-state index in [1.807, 2.05) is 17.9 Å². The number of carbonyl (C=O) groups excluding carboxylic acids is 2. The maximum atomic E-state index is 12.7. The maximum Gasteiger partial charge on any atom is 0.243 e. The number of carbonyl (C=O) groups is 2. The molecule has 2 saturated heterocycles. The number of likely N-dealkylation sites (N-methyl/N-ethyl adjacent to an activating group) is 1. The number of hydrogen-bond donors (Lipinski definition) is 1. The van der Waals surface area contributed by atoms with Crippen molar-refractivity contribution >= 4 is 29.1 Å². The van der Waals surface area contributed by atoms with Gasteiger partial charge < -0.3 is 20.0 Å². The van der Waals surface area contributed by atoms with Crippen LogP contribution in [0.4, 0.5) is 0 Å². The van der Waals surface area contributed by atoms with E-state index < -0.39 is 0 Å². The quantitative estimate of drug-likeness (QED) is 0.532. The van der Waals surface area contributed by atoms with E-state index in [-0.39, 0.29) is 24.4 Å². The van der Waals surface area contributed by atoms with Gasteiger partial charge in [0.15, 0.2) is 5.96 Å². The molecule has 0 aliphatic carbocycles. The number of guanidine groups is 1. The Hall–Kier alpha value is -2.13. The molecule has 3 heterocycles. The molecule has 1 aromatic rings. The summed E-state index contributed by atoms with van der Waals surface area (Å²) in [5.41, 5.74) is 0. The van der Waals surface area contributed by atoms with Crippen LogP contribution in [0.5, 0.6) is 0 Å². The summed E-state index contributed by atoms with van der Waals surface area (Å²) in [4.78, 5) is 38.6. The minimum Gasteiger partial charge on any atom is -0.351 e. The first-order valence-corrected chi connectivity index (χ1v) is 11.6. The molecule has 2 amide bonds. The van der Waals surface area contributed by atoms with Crippen LogP contribution in [-0.2, 0) is 16.1 Å². The zero-order valence-corrected chi connectivity index (χ0v) is 19.2. The molecule has 2 fully saturated rings. The highest BCUT2D eigenvalue weighted by atomic mass is 32.1. The third-order valence-corrected chi connectivity index (χ3v) is 6.68. The summed E-state index contributed by atoms with van der Waals surface area (Å²) in [6.07, 6.45) is 2.24. The molecule has 1 atom stereocenters. The maximum absolute atomic E-state index is 12.7. The topological polar surface area (TPSA) is 71.5 Å². The van der Waals surface area contributed by atoms with E-state index in [4.69, 9.17) is 0 Å². The number of nitrogens with one attached hydrogen (secondary N) is 1. The molecule has 0 spiro atoms. The molecular formula is C21H34N6O2S. The third-order valence-electron chi connectivity index (χ3n) is 5.80. The van der Waals surface area contributed by atoms with Crippen molar-refractivity contribution in [2.24, 2.45) is 4.99 Å². The Morgan fingerprint density at radius 2 is 1.83 bits per heavy atom. The molecule has 1 N–H and O–H groups in total. The summed E-state index contributed by atoms with van der Waals surface area (Å²) in [6.45, 7) is 7.81. The van der Waals surface area contributed by atoms with Gasteiger partial charge in [-0.2, -0.15) is 0 Å². The van der Waals surface area contributed by atoms with Crippen molar-refractivity contribution in [2.45, 2.75) is 32.4 Å². The summed E-state index contributed by atoms with van der Waals surface area (Å²) in [6, 6.07) is 4.04. The van der Waals surface area contributed by atoms with Crippen LogP contribution in [-0.4, -0.2) is 103 Å². The number of aliphatic imine (C=N–C) groups is 1. The zero-order valence-electron chi connectivity index (χ0n) is 18.3. The fourth-order valence-corrected chi connectivity index (χ4v) is 4.45. The van der Waals surface area contributed by atoms with Gasteiger partial charge in [-0.1, -0.05) is 6.07 Å². The SMILES string of the molecule is CC(C(=O)N1CCCC1)N1CCN(C(=NCC(=O)N(C)C)NCc2cccs2)CC1. The van der Waals surface area contributed by atoms with Gasteiger partial charge in [0.1, 0.15) is 6.54 Å². The molecule has 0 radical (unpaired) electrons. The second kappa shape index (κ2) is 10.8. The van der Waals surface area contributed by atoms with E-state index in [9.17, 15) is 9.59 Å². The monoisotopic (exact) mass is 434 g/mol. The van der Waals surface area contributed by atoms with E-state index in [0.29, 0.717) is 6.54 Å². The number of amides is 2. The van der Waals surface area contributed by atoms with Crippen LogP contribution >= 0.6 is 11.3 Å². The fraction of sp³-hybridized carbons (Fsp3) is 0.667. The van der Waals surface area contributed by atoms with Gasteiger partial charge in [-0.25, -0.2) is 4.99 Å². The van der Waals surface area contributed by atoms with E-state index in [0.717, 1.165) is 58.1 Å². The first-order valence-electron chi connectivity index (χ1n) is 10.7. The Balaban J connectivity index is 1.58. The summed E-state index contributed by atoms with van der Waals surface area (Å²) in [5, 5.41) is 5.48. The van der Waals surface area contributed by atoms with Gasteiger partial charge in [-0.3, -0.25) is 14.5 Å². The van der Waals surface area contributed by atoms with Gasteiger partial charge in [0.25, 0.3) is 0 Å². The highest BCUT2D eigenvalue weighted by Gasteiger charge is 2.30. The van der Waals surface area contributed by atoms with Crippen LogP contribution in [0.15, 0.2) is 22.5 Å². The molecule has 1 aromatic heterocycles. The average Bonchev–Trinajstić information content (AvgIpc) is 3.47. The van der Waals surface area contributed by atoms with Gasteiger partial charge in [0.05, 0.1) is 12.6 Å². The zero-order chi connectivity index (χ0) is 21.5. The Morgan fingerprint density at radius 3 is 2.43 bits per heavy atom. The van der Waals surface area contributed by atoms with Gasteiger partial charge in [-0.05, 0) is 31.2 Å². The molecule has 1 unspecified atom stereocenters. The molecule has 30 heavy (non-hydrogen) atoms. The first kappa shape index (κ1) is 22.6. The van der Waals surface area contributed by atoms with Crippen molar-refractivity contribution in [3.8, 4) is 0 Å². The van der Waals surface area contributed by atoms with E-state index in [2.05, 4.69) is 31.6 Å². The second-order valence-electron chi connectivity index (χ2n) is 8.09. The van der Waals surface area contributed by atoms with Crippen molar-refractivity contribution in [2.75, 3.05) is 59.9 Å². The minimum atomic E-state index is -0.0833. The summed E-state index contributed by atoms with van der Waals surface area (Å²) >= 11 is 1.70. The van der Waals surface area contributed by atoms with E-state index >= 15 is 0 Å². The van der Waals surface area contributed by atoms with Crippen molar-refractivity contribution in [3.63, 3.8) is 0 Å². The molecular weight excluding hydrogens is 400 g/mol. The van der Waals surface area contributed by atoms with Crippen LogP contribution in [0, 0.1) is 0 Å². The van der Waals surface area contributed by atoms with Gasteiger partial charge in [0, 0.05) is 58.2 Å². The van der Waals surface area contributed by atoms with Crippen LogP contribution in [0.3, 0.4) is 0 Å². The van der Waals surface area contributed by atoms with Crippen molar-refractivity contribution in [1.82, 2.24) is 24.9 Å². The van der Waals surface area contributed by atoms with Crippen LogP contribution in [0.25, 0.3) is 0 Å². The Kier molecular flexibility index (Phi) is 8.09. The molecule has 0 aromatic carbocycles. The van der Waals surface area contributed by atoms with Gasteiger partial charge in [0.2, 0.25) is 11.8 Å². The molecule has 8 nitrogen and oxygen atoms in total. The summed E-state index contributed by atoms with van der Waals surface area (Å²) in [5.74, 6) is 0.993. The minimum absolute atomic E-state index is 0.0195. The van der Waals surface area contributed by atoms with Crippen LogP contribution < -0.4 is 5.32 Å². The lowest BCUT2D eigenvalue weighted by Gasteiger charge is -2.39. The first-order chi connectivity index (χ1) is 14.5. The predicted molar refractivity (Wildman–Crippen MR) is 121 cm³/mol. The van der Waals surface area contributed by atoms with E-state index in [1.54, 1.807) is 30.3 Å². The smallest absolute Gasteiger partial charge is 0.243 e. The van der Waals surface area contributed by atoms with Crippen molar-refractivity contribution < 1.29 is 9.59 Å². The molecule has 166 valence electrons. The van der Waals surface area contributed by atoms with Gasteiger partial charge >= 0.3 is 0 Å². The Morgan fingerprint density at radius 1 is 1.13 bits per heavy atom. The molecule has 3 rings (SSSR count). The van der Waals surface area contributed by atoms with Crippen molar-refractivity contribution in [1.29, 1.82) is 0 Å². The molecule has 0 bridgehead atoms. The second-order valence-corrected chi connectivity index (χ2v) is 9.12. The van der Waals surface area contributed by atoms with Gasteiger partial charge in [-0.15, -0.1) is 11.3 Å². The normalized spacial score (nSPS) is 19.1. The summed E-state index contributed by atoms with van der Waals surface area (Å²) in [7, 11) is 3.49. The number of nitrogens with zero attached hydrogens (tertiary/aromatic N) is 5. The molecule has 2 aliphatic heterocycles. The van der Waals surface area contributed by atoms with E-state index in [1.165, 1.54) is 4.88 Å². The standard InChI is InChI=1S/C21H34N6O2S/c1-17(20(29)26-8-4-5-9-26)25-10-12-27(13-11-25)21(23-16-19(28)24(2)3)22-15-18-7-6-14-30-18/h6-7,14,17H,4-5,8-13,15-16H2,1-3H3,(H,22,23). The largest absolute Gasteiger partial charge is 0.351 e. The lowest BCUT2D eigenvalue weighted by Crippen LogP contribution is -2.57. The lowest BCUT2D eigenvalue weighted by molar-refractivity contribution is -0.135. The highest BCUT2D eigenvalue weighted by molar-refractivity contribution is 7.09. The molecule has 2 aliphatic rings. The number of thiophene rings is 1. The Labute approximate surface area is 183 Å². The number of likely N-dealkylation sites (tertiary alicyclic amines) is 1. The predicted octanol–water partition coefficient (Wildman–Crippen LogP) is 0.910. The average molecular weight is 435 g/mol. The third kappa shape index (κ3) is 5.95. The van der Waals surface area contributed by atoms with Crippen LogP contribution in [0.1, 0.15) is 24.6 Å². The Bertz CT molecular complexity index is 722. The highest BCUT2D eigenvalue weighted by Crippen LogP contribution is 2.14. The molecule has 9 heteroatoms.